The highest BCUT2D eigenvalue weighted by atomic mass is 35.5. The van der Waals surface area contributed by atoms with Gasteiger partial charge >= 0.3 is 0 Å². The maximum atomic E-state index is 12.3. The fourth-order valence-electron chi connectivity index (χ4n) is 5.48. The molecule has 4 nitrogen and oxygen atoms in total. The molecule has 0 spiro atoms. The number of piperazine rings is 1. The first-order chi connectivity index (χ1) is 15.6. The summed E-state index contributed by atoms with van der Waals surface area (Å²) in [5.41, 5.74) is 6.54. The van der Waals surface area contributed by atoms with E-state index in [1.54, 1.807) is 0 Å². The second-order valence-electron chi connectivity index (χ2n) is 9.27. The molecule has 2 aromatic rings. The van der Waals surface area contributed by atoms with Gasteiger partial charge in [-0.1, -0.05) is 41.4 Å². The number of amides is 1. The van der Waals surface area contributed by atoms with Crippen molar-refractivity contribution in [1.82, 2.24) is 4.90 Å². The van der Waals surface area contributed by atoms with Crippen LogP contribution in [-0.4, -0.2) is 50.1 Å². The quantitative estimate of drug-likeness (QED) is 0.530. The summed E-state index contributed by atoms with van der Waals surface area (Å²) in [5, 5.41) is 1.29. The third kappa shape index (κ3) is 4.50. The Labute approximate surface area is 201 Å². The van der Waals surface area contributed by atoms with Crippen LogP contribution in [0.3, 0.4) is 0 Å². The molecule has 0 unspecified atom stereocenters. The van der Waals surface area contributed by atoms with Gasteiger partial charge in [-0.25, -0.2) is 0 Å². The SMILES string of the molecule is O=C1CCc2cc(CCCCN3CCN(c4cccc(Cl)c4Cl)CC3)cc3c2N1CCC3. The lowest BCUT2D eigenvalue weighted by Gasteiger charge is -2.36. The van der Waals surface area contributed by atoms with E-state index in [2.05, 4.69) is 28.0 Å². The Balaban J connectivity index is 1.11. The van der Waals surface area contributed by atoms with Gasteiger partial charge in [-0.2, -0.15) is 0 Å². The van der Waals surface area contributed by atoms with E-state index < -0.39 is 0 Å². The summed E-state index contributed by atoms with van der Waals surface area (Å²) in [6, 6.07) is 10.6. The summed E-state index contributed by atoms with van der Waals surface area (Å²) in [5.74, 6) is 0.309. The molecule has 0 atom stereocenters. The Kier molecular flexibility index (Phi) is 6.64. The molecule has 1 saturated heterocycles. The zero-order chi connectivity index (χ0) is 22.1. The number of halogens is 2. The van der Waals surface area contributed by atoms with Gasteiger partial charge in [-0.05, 0) is 73.9 Å². The molecular weight excluding hydrogens is 441 g/mol. The molecule has 3 aliphatic rings. The van der Waals surface area contributed by atoms with Crippen molar-refractivity contribution in [3.63, 3.8) is 0 Å². The van der Waals surface area contributed by atoms with E-state index in [1.807, 2.05) is 17.0 Å². The van der Waals surface area contributed by atoms with Gasteiger partial charge in [0, 0.05) is 39.1 Å². The van der Waals surface area contributed by atoms with Crippen LogP contribution in [0, 0.1) is 0 Å². The van der Waals surface area contributed by atoms with E-state index in [4.69, 9.17) is 23.2 Å². The van der Waals surface area contributed by atoms with Crippen molar-refractivity contribution in [2.75, 3.05) is 49.1 Å². The molecule has 3 aliphatic heterocycles. The minimum atomic E-state index is 0.309. The standard InChI is InChI=1S/C26H31Cl2N3O/c27-22-7-3-8-23(25(22)28)30-15-13-29(14-16-30)11-2-1-5-19-17-20-6-4-12-31-24(32)10-9-21(18-19)26(20)31/h3,7-8,17-18H,1-2,4-6,9-16H2. The van der Waals surface area contributed by atoms with Crippen LogP contribution in [0.4, 0.5) is 11.4 Å². The van der Waals surface area contributed by atoms with Crippen LogP contribution >= 0.6 is 23.2 Å². The fourth-order valence-corrected chi connectivity index (χ4v) is 5.90. The molecule has 1 amide bonds. The number of hydrogen-bond acceptors (Lipinski definition) is 3. The van der Waals surface area contributed by atoms with E-state index >= 15 is 0 Å². The Bertz CT molecular complexity index is 984. The van der Waals surface area contributed by atoms with Crippen molar-refractivity contribution in [3.8, 4) is 0 Å². The largest absolute Gasteiger partial charge is 0.368 e. The summed E-state index contributed by atoms with van der Waals surface area (Å²) in [4.78, 5) is 19.2. The number of rotatable bonds is 6. The lowest BCUT2D eigenvalue weighted by molar-refractivity contribution is -0.119. The van der Waals surface area contributed by atoms with E-state index in [0.29, 0.717) is 22.4 Å². The van der Waals surface area contributed by atoms with Crippen LogP contribution in [0.5, 0.6) is 0 Å². The monoisotopic (exact) mass is 471 g/mol. The van der Waals surface area contributed by atoms with Crippen LogP contribution < -0.4 is 9.80 Å². The maximum absolute atomic E-state index is 12.3. The summed E-state index contributed by atoms with van der Waals surface area (Å²) >= 11 is 12.6. The van der Waals surface area contributed by atoms with Crippen LogP contribution in [0.2, 0.25) is 10.0 Å². The second kappa shape index (κ2) is 9.62. The lowest BCUT2D eigenvalue weighted by Crippen LogP contribution is -2.46. The minimum absolute atomic E-state index is 0.309. The summed E-state index contributed by atoms with van der Waals surface area (Å²) in [6.07, 6.45) is 7.34. The topological polar surface area (TPSA) is 26.8 Å². The van der Waals surface area contributed by atoms with E-state index in [1.165, 1.54) is 35.2 Å². The Morgan fingerprint density at radius 2 is 1.66 bits per heavy atom. The van der Waals surface area contributed by atoms with Crippen molar-refractivity contribution in [2.45, 2.75) is 44.9 Å². The van der Waals surface area contributed by atoms with Gasteiger partial charge in [0.15, 0.2) is 0 Å². The zero-order valence-electron chi connectivity index (χ0n) is 18.6. The molecule has 2 aromatic carbocycles. The normalized spacial score (nSPS) is 18.8. The Morgan fingerprint density at radius 3 is 2.47 bits per heavy atom. The molecule has 6 heteroatoms. The number of hydrogen-bond donors (Lipinski definition) is 0. The highest BCUT2D eigenvalue weighted by molar-refractivity contribution is 6.43. The van der Waals surface area contributed by atoms with Gasteiger partial charge in [0.05, 0.1) is 21.4 Å². The molecule has 3 heterocycles. The minimum Gasteiger partial charge on any atom is -0.368 e. The van der Waals surface area contributed by atoms with E-state index in [9.17, 15) is 4.79 Å². The predicted molar refractivity (Wildman–Crippen MR) is 133 cm³/mol. The number of carbonyl (C=O) groups is 1. The third-order valence-electron chi connectivity index (χ3n) is 7.17. The third-order valence-corrected chi connectivity index (χ3v) is 7.98. The summed E-state index contributed by atoms with van der Waals surface area (Å²) < 4.78 is 0. The van der Waals surface area contributed by atoms with Gasteiger partial charge < -0.3 is 9.80 Å². The van der Waals surface area contributed by atoms with Gasteiger partial charge in [0.2, 0.25) is 5.91 Å². The fraction of sp³-hybridized carbons (Fsp3) is 0.500. The van der Waals surface area contributed by atoms with Crippen LogP contribution in [0.1, 0.15) is 42.4 Å². The molecule has 5 rings (SSSR count). The second-order valence-corrected chi connectivity index (χ2v) is 10.1. The van der Waals surface area contributed by atoms with Crippen molar-refractivity contribution in [2.24, 2.45) is 0 Å². The van der Waals surface area contributed by atoms with Gasteiger partial charge in [-0.15, -0.1) is 0 Å². The van der Waals surface area contributed by atoms with Gasteiger partial charge in [-0.3, -0.25) is 9.69 Å². The summed E-state index contributed by atoms with van der Waals surface area (Å²) in [6.45, 7) is 6.16. The average Bonchev–Trinajstić information content (AvgIpc) is 2.81. The maximum Gasteiger partial charge on any atom is 0.227 e. The van der Waals surface area contributed by atoms with Crippen LogP contribution in [0.15, 0.2) is 30.3 Å². The molecule has 0 aliphatic carbocycles. The van der Waals surface area contributed by atoms with E-state index in [-0.39, 0.29) is 0 Å². The molecule has 0 saturated carbocycles. The first kappa shape index (κ1) is 22.1. The number of carbonyl (C=O) groups excluding carboxylic acids is 1. The molecule has 1 fully saturated rings. The lowest BCUT2D eigenvalue weighted by atomic mass is 9.89. The van der Waals surface area contributed by atoms with E-state index in [0.717, 1.165) is 70.6 Å². The number of unbranched alkanes of at least 4 members (excludes halogenated alkanes) is 1. The van der Waals surface area contributed by atoms with Gasteiger partial charge in [0.1, 0.15) is 0 Å². The first-order valence-corrected chi connectivity index (χ1v) is 12.7. The first-order valence-electron chi connectivity index (χ1n) is 12.0. The van der Waals surface area contributed by atoms with Crippen molar-refractivity contribution >= 4 is 40.5 Å². The average molecular weight is 472 g/mol. The van der Waals surface area contributed by atoms with Crippen LogP contribution in [0.25, 0.3) is 0 Å². The smallest absolute Gasteiger partial charge is 0.227 e. The van der Waals surface area contributed by atoms with Crippen molar-refractivity contribution in [3.05, 3.63) is 57.1 Å². The van der Waals surface area contributed by atoms with Crippen molar-refractivity contribution in [1.29, 1.82) is 0 Å². The highest BCUT2D eigenvalue weighted by Crippen LogP contribution is 2.37. The molecule has 32 heavy (non-hydrogen) atoms. The molecule has 0 bridgehead atoms. The number of benzene rings is 2. The molecule has 0 N–H and O–H groups in total. The Morgan fingerprint density at radius 1 is 0.875 bits per heavy atom. The number of nitrogens with zero attached hydrogens (tertiary/aromatic N) is 3. The van der Waals surface area contributed by atoms with Gasteiger partial charge in [0.25, 0.3) is 0 Å². The Hall–Kier alpha value is -1.75. The summed E-state index contributed by atoms with van der Waals surface area (Å²) in [7, 11) is 0. The molecular formula is C26H31Cl2N3O. The number of anilines is 2. The highest BCUT2D eigenvalue weighted by Gasteiger charge is 2.29. The van der Waals surface area contributed by atoms with Crippen LogP contribution in [-0.2, 0) is 24.1 Å². The molecule has 0 radical (unpaired) electrons. The van der Waals surface area contributed by atoms with Crippen molar-refractivity contribution < 1.29 is 4.79 Å². The zero-order valence-corrected chi connectivity index (χ0v) is 20.1. The molecule has 170 valence electrons. The predicted octanol–water partition coefficient (Wildman–Crippen LogP) is 5.36. The molecule has 0 aromatic heterocycles. The number of aryl methyl sites for hydroxylation is 3.